The number of allylic oxidation sites excluding steroid dienone is 2. The lowest BCUT2D eigenvalue weighted by molar-refractivity contribution is -0.120. The zero-order chi connectivity index (χ0) is 15.1. The maximum Gasteiger partial charge on any atom is 0.227 e. The Morgan fingerprint density at radius 3 is 2.90 bits per heavy atom. The van der Waals surface area contributed by atoms with Gasteiger partial charge in [0.1, 0.15) is 0 Å². The van der Waals surface area contributed by atoms with Crippen molar-refractivity contribution in [1.82, 2.24) is 14.7 Å². The monoisotopic (exact) mass is 290 g/mol. The molecule has 2 rings (SSSR count). The van der Waals surface area contributed by atoms with Gasteiger partial charge in [-0.05, 0) is 32.4 Å². The molecule has 0 saturated heterocycles. The number of anilines is 1. The highest BCUT2D eigenvalue weighted by atomic mass is 16.1. The Morgan fingerprint density at radius 1 is 1.43 bits per heavy atom. The zero-order valence-electron chi connectivity index (χ0n) is 13.1. The molecule has 0 aromatic carbocycles. The summed E-state index contributed by atoms with van der Waals surface area (Å²) in [5.74, 6) is 0.219. The molecule has 1 atom stereocenters. The van der Waals surface area contributed by atoms with Gasteiger partial charge < -0.3 is 10.2 Å². The van der Waals surface area contributed by atoms with Crippen molar-refractivity contribution in [3.05, 3.63) is 24.5 Å². The molecule has 1 aromatic rings. The van der Waals surface area contributed by atoms with E-state index in [9.17, 15) is 4.79 Å². The summed E-state index contributed by atoms with van der Waals surface area (Å²) in [5, 5.41) is 7.29. The molecule has 1 aromatic heterocycles. The topological polar surface area (TPSA) is 50.2 Å². The van der Waals surface area contributed by atoms with Crippen LogP contribution in [0.2, 0.25) is 0 Å². The number of nitrogens with one attached hydrogen (secondary N) is 1. The molecule has 1 aliphatic carbocycles. The standard InChI is InChI=1S/C16H26N4O/c1-3-19(4-2)10-11-20-13-15(12-17-20)18-16(21)14-8-6-5-7-9-14/h5-6,12-14H,3-4,7-11H2,1-2H3,(H,18,21)/t14-/m0/s1. The van der Waals surface area contributed by atoms with Gasteiger partial charge in [-0.1, -0.05) is 26.0 Å². The molecule has 0 saturated carbocycles. The number of aromatic nitrogens is 2. The fourth-order valence-corrected chi connectivity index (χ4v) is 2.61. The molecule has 5 heteroatoms. The Hall–Kier alpha value is -1.62. The maximum atomic E-state index is 12.1. The van der Waals surface area contributed by atoms with E-state index in [0.29, 0.717) is 0 Å². The molecule has 0 aliphatic heterocycles. The second-order valence-electron chi connectivity index (χ2n) is 5.49. The minimum absolute atomic E-state index is 0.106. The average Bonchev–Trinajstić information content (AvgIpc) is 2.96. The van der Waals surface area contributed by atoms with Gasteiger partial charge in [0.05, 0.1) is 18.4 Å². The lowest BCUT2D eigenvalue weighted by Gasteiger charge is -2.17. The fraction of sp³-hybridized carbons (Fsp3) is 0.625. The number of nitrogens with zero attached hydrogens (tertiary/aromatic N) is 3. The summed E-state index contributed by atoms with van der Waals surface area (Å²) >= 11 is 0. The summed E-state index contributed by atoms with van der Waals surface area (Å²) in [5.41, 5.74) is 0.800. The summed E-state index contributed by atoms with van der Waals surface area (Å²) in [4.78, 5) is 14.5. The zero-order valence-corrected chi connectivity index (χ0v) is 13.1. The fourth-order valence-electron chi connectivity index (χ4n) is 2.61. The highest BCUT2D eigenvalue weighted by Crippen LogP contribution is 2.20. The van der Waals surface area contributed by atoms with E-state index in [1.54, 1.807) is 6.20 Å². The normalized spacial score (nSPS) is 18.1. The van der Waals surface area contributed by atoms with Crippen LogP contribution in [0.5, 0.6) is 0 Å². The van der Waals surface area contributed by atoms with Gasteiger partial charge in [-0.15, -0.1) is 0 Å². The molecule has 0 fully saturated rings. The minimum atomic E-state index is 0.106. The number of carbonyl (C=O) groups is 1. The number of likely N-dealkylation sites (N-methyl/N-ethyl adjacent to an activating group) is 1. The van der Waals surface area contributed by atoms with E-state index in [0.717, 1.165) is 51.1 Å². The Balaban J connectivity index is 1.82. The quantitative estimate of drug-likeness (QED) is 0.785. The predicted octanol–water partition coefficient (Wildman–Crippen LogP) is 2.52. The van der Waals surface area contributed by atoms with E-state index in [1.165, 1.54) is 0 Å². The third kappa shape index (κ3) is 4.70. The van der Waals surface area contributed by atoms with Crippen LogP contribution < -0.4 is 5.32 Å². The predicted molar refractivity (Wildman–Crippen MR) is 85.1 cm³/mol. The highest BCUT2D eigenvalue weighted by Gasteiger charge is 2.19. The van der Waals surface area contributed by atoms with Crippen LogP contribution in [0.15, 0.2) is 24.5 Å². The van der Waals surface area contributed by atoms with Crippen molar-refractivity contribution < 1.29 is 4.79 Å². The van der Waals surface area contributed by atoms with Crippen LogP contribution in [0.3, 0.4) is 0 Å². The Morgan fingerprint density at radius 2 is 2.24 bits per heavy atom. The van der Waals surface area contributed by atoms with Crippen molar-refractivity contribution in [2.75, 3.05) is 25.0 Å². The van der Waals surface area contributed by atoms with E-state index < -0.39 is 0 Å². The van der Waals surface area contributed by atoms with Crippen molar-refractivity contribution in [1.29, 1.82) is 0 Å². The van der Waals surface area contributed by atoms with Gasteiger partial charge in [0.2, 0.25) is 5.91 Å². The molecular formula is C16H26N4O. The van der Waals surface area contributed by atoms with E-state index in [1.807, 2.05) is 10.9 Å². The van der Waals surface area contributed by atoms with Crippen LogP contribution in [0.25, 0.3) is 0 Å². The molecule has 0 bridgehead atoms. The largest absolute Gasteiger partial charge is 0.323 e. The second kappa shape index (κ2) is 7.98. The van der Waals surface area contributed by atoms with Gasteiger partial charge in [-0.2, -0.15) is 5.10 Å². The third-order valence-corrected chi connectivity index (χ3v) is 4.08. The Bertz CT molecular complexity index is 476. The maximum absolute atomic E-state index is 12.1. The van der Waals surface area contributed by atoms with Gasteiger partial charge in [0.15, 0.2) is 0 Å². The number of amides is 1. The van der Waals surface area contributed by atoms with E-state index in [-0.39, 0.29) is 11.8 Å². The molecule has 0 unspecified atom stereocenters. The Labute approximate surface area is 127 Å². The molecule has 1 N–H and O–H groups in total. The van der Waals surface area contributed by atoms with Crippen molar-refractivity contribution in [3.63, 3.8) is 0 Å². The lowest BCUT2D eigenvalue weighted by Crippen LogP contribution is -2.27. The molecule has 0 spiro atoms. The van der Waals surface area contributed by atoms with Crippen molar-refractivity contribution >= 4 is 11.6 Å². The smallest absolute Gasteiger partial charge is 0.227 e. The number of hydrogen-bond acceptors (Lipinski definition) is 3. The first-order valence-corrected chi connectivity index (χ1v) is 7.93. The van der Waals surface area contributed by atoms with E-state index in [2.05, 4.69) is 41.3 Å². The van der Waals surface area contributed by atoms with Crippen LogP contribution in [0.4, 0.5) is 5.69 Å². The summed E-state index contributed by atoms with van der Waals surface area (Å²) in [6.45, 7) is 8.26. The number of carbonyl (C=O) groups excluding carboxylic acids is 1. The third-order valence-electron chi connectivity index (χ3n) is 4.08. The lowest BCUT2D eigenvalue weighted by atomic mass is 9.94. The Kier molecular flexibility index (Phi) is 5.99. The van der Waals surface area contributed by atoms with Crippen LogP contribution >= 0.6 is 0 Å². The summed E-state index contributed by atoms with van der Waals surface area (Å²) in [7, 11) is 0. The second-order valence-corrected chi connectivity index (χ2v) is 5.49. The van der Waals surface area contributed by atoms with Gasteiger partial charge in [-0.3, -0.25) is 9.48 Å². The number of hydrogen-bond donors (Lipinski definition) is 1. The molecular weight excluding hydrogens is 264 g/mol. The minimum Gasteiger partial charge on any atom is -0.323 e. The first-order valence-electron chi connectivity index (χ1n) is 7.93. The van der Waals surface area contributed by atoms with Crippen molar-refractivity contribution in [3.8, 4) is 0 Å². The SMILES string of the molecule is CCN(CC)CCn1cc(NC(=O)[C@H]2CC=CCC2)cn1. The van der Waals surface area contributed by atoms with E-state index in [4.69, 9.17) is 0 Å². The average molecular weight is 290 g/mol. The summed E-state index contributed by atoms with van der Waals surface area (Å²) in [6, 6.07) is 0. The molecule has 21 heavy (non-hydrogen) atoms. The van der Waals surface area contributed by atoms with Gasteiger partial charge in [0, 0.05) is 18.7 Å². The van der Waals surface area contributed by atoms with Gasteiger partial charge in [-0.25, -0.2) is 0 Å². The first-order chi connectivity index (χ1) is 10.2. The molecule has 1 aliphatic rings. The van der Waals surface area contributed by atoms with Crippen LogP contribution in [0.1, 0.15) is 33.1 Å². The van der Waals surface area contributed by atoms with Crippen LogP contribution in [-0.2, 0) is 11.3 Å². The molecule has 5 nitrogen and oxygen atoms in total. The van der Waals surface area contributed by atoms with Gasteiger partial charge >= 0.3 is 0 Å². The van der Waals surface area contributed by atoms with E-state index >= 15 is 0 Å². The highest BCUT2D eigenvalue weighted by molar-refractivity contribution is 5.92. The van der Waals surface area contributed by atoms with Crippen LogP contribution in [0, 0.1) is 5.92 Å². The molecule has 1 heterocycles. The van der Waals surface area contributed by atoms with Crippen molar-refractivity contribution in [2.24, 2.45) is 5.92 Å². The summed E-state index contributed by atoms with van der Waals surface area (Å²) in [6.07, 6.45) is 10.7. The van der Waals surface area contributed by atoms with Gasteiger partial charge in [0.25, 0.3) is 0 Å². The molecule has 0 radical (unpaired) electrons. The molecule has 116 valence electrons. The van der Waals surface area contributed by atoms with Crippen molar-refractivity contribution in [2.45, 2.75) is 39.7 Å². The summed E-state index contributed by atoms with van der Waals surface area (Å²) < 4.78 is 1.90. The first kappa shape index (κ1) is 15.8. The number of rotatable bonds is 7. The van der Waals surface area contributed by atoms with Crippen LogP contribution in [-0.4, -0.2) is 40.2 Å². The molecule has 1 amide bonds.